The first-order chi connectivity index (χ1) is 25.1. The Bertz CT molecular complexity index is 2080. The van der Waals surface area contributed by atoms with E-state index in [1.165, 1.54) is 24.3 Å². The fourth-order valence-corrected chi connectivity index (χ4v) is 5.33. The zero-order valence-corrected chi connectivity index (χ0v) is 30.8. The molecule has 0 saturated carbocycles. The molecule has 1 aliphatic heterocycles. The van der Waals surface area contributed by atoms with Crippen LogP contribution < -0.4 is 16.1 Å². The summed E-state index contributed by atoms with van der Waals surface area (Å²) in [7, 11) is -0.521. The molecule has 1 fully saturated rings. The third-order valence-corrected chi connectivity index (χ3v) is 9.13. The molecule has 1 aliphatic rings. The molecule has 0 aliphatic carbocycles. The Balaban J connectivity index is 0.000000252. The lowest BCUT2D eigenvalue weighted by molar-refractivity contribution is -0.138. The Kier molecular flexibility index (Phi) is 12.7. The maximum atomic E-state index is 13.1. The number of halogens is 7. The third-order valence-electron chi connectivity index (χ3n) is 8.61. The van der Waals surface area contributed by atoms with E-state index in [-0.39, 0.29) is 24.2 Å². The van der Waals surface area contributed by atoms with Crippen LogP contribution in [-0.2, 0) is 44.1 Å². The van der Waals surface area contributed by atoms with Gasteiger partial charge in [0.05, 0.1) is 58.4 Å². The highest BCUT2D eigenvalue weighted by Crippen LogP contribution is 2.37. The number of alkyl halides is 6. The van der Waals surface area contributed by atoms with Gasteiger partial charge in [-0.3, -0.25) is 9.59 Å². The average molecular weight is 813 g/mol. The molecule has 5 rings (SSSR count). The van der Waals surface area contributed by atoms with E-state index in [9.17, 15) is 35.9 Å². The van der Waals surface area contributed by atoms with Crippen molar-refractivity contribution in [1.82, 2.24) is 0 Å². The monoisotopic (exact) mass is 812 g/mol. The summed E-state index contributed by atoms with van der Waals surface area (Å²) in [5, 5.41) is 22.4. The zero-order valence-electron chi connectivity index (χ0n) is 29.2. The highest BCUT2D eigenvalue weighted by atomic mass is 79.9. The molecule has 0 bridgehead atoms. The lowest BCUT2D eigenvalue weighted by Crippen LogP contribution is -2.41. The van der Waals surface area contributed by atoms with Crippen molar-refractivity contribution in [1.29, 1.82) is 10.5 Å². The summed E-state index contributed by atoms with van der Waals surface area (Å²) in [4.78, 5) is 24.2. The minimum absolute atomic E-state index is 0.00145. The van der Waals surface area contributed by atoms with Crippen molar-refractivity contribution in [2.24, 2.45) is 0 Å². The Morgan fingerprint density at radius 3 is 1.39 bits per heavy atom. The van der Waals surface area contributed by atoms with Crippen molar-refractivity contribution < 1.29 is 45.2 Å². The maximum Gasteiger partial charge on any atom is 0.494 e. The van der Waals surface area contributed by atoms with Crippen LogP contribution in [0.15, 0.2) is 89.4 Å². The van der Waals surface area contributed by atoms with Crippen LogP contribution >= 0.6 is 15.9 Å². The molecule has 54 heavy (non-hydrogen) atoms. The molecule has 2 N–H and O–H groups in total. The molecule has 1 saturated heterocycles. The SMILES string of the molecule is CC1(C)OB(c2ccc(CC(=O)Nc3ccc(C#N)c(C(F)(F)F)c3)cc2)OC1(C)C.N#Cc1ccc(NC(=O)Cc2ccc(Br)cc2)cc1C(F)(F)F. The normalized spacial score (nSPS) is 14.6. The molecule has 0 atom stereocenters. The van der Waals surface area contributed by atoms with E-state index in [0.717, 1.165) is 39.8 Å². The first-order valence-corrected chi connectivity index (χ1v) is 16.9. The van der Waals surface area contributed by atoms with Gasteiger partial charge >= 0.3 is 19.5 Å². The predicted octanol–water partition coefficient (Wildman–Crippen LogP) is 8.58. The van der Waals surface area contributed by atoms with E-state index >= 15 is 0 Å². The van der Waals surface area contributed by atoms with E-state index < -0.39 is 64.7 Å². The predicted molar refractivity (Wildman–Crippen MR) is 193 cm³/mol. The number of rotatable bonds is 7. The number of hydrogen-bond acceptors (Lipinski definition) is 6. The molecule has 0 radical (unpaired) electrons. The Morgan fingerprint density at radius 2 is 1.04 bits per heavy atom. The number of hydrogen-bond donors (Lipinski definition) is 2. The number of amides is 2. The van der Waals surface area contributed by atoms with Gasteiger partial charge in [0, 0.05) is 15.8 Å². The van der Waals surface area contributed by atoms with E-state index in [1.807, 2.05) is 27.7 Å². The van der Waals surface area contributed by atoms with Crippen LogP contribution in [0.2, 0.25) is 0 Å². The number of nitrogens with one attached hydrogen (secondary N) is 2. The molecule has 4 aromatic carbocycles. The highest BCUT2D eigenvalue weighted by Gasteiger charge is 2.51. The first kappa shape index (κ1) is 41.6. The van der Waals surface area contributed by atoms with E-state index in [2.05, 4.69) is 26.6 Å². The summed E-state index contributed by atoms with van der Waals surface area (Å²) >= 11 is 3.27. The molecule has 0 aromatic heterocycles. The smallest absolute Gasteiger partial charge is 0.399 e. The quantitative estimate of drug-likeness (QED) is 0.142. The van der Waals surface area contributed by atoms with Crippen LogP contribution in [0.1, 0.15) is 61.1 Å². The number of carbonyl (C=O) groups is 2. The molecule has 280 valence electrons. The third kappa shape index (κ3) is 10.7. The van der Waals surface area contributed by atoms with Gasteiger partial charge in [-0.05, 0) is 92.8 Å². The van der Waals surface area contributed by atoms with Crippen LogP contribution in [-0.4, -0.2) is 30.1 Å². The van der Waals surface area contributed by atoms with Gasteiger partial charge in [-0.1, -0.05) is 52.3 Å². The van der Waals surface area contributed by atoms with E-state index in [1.54, 1.807) is 48.5 Å². The second-order valence-electron chi connectivity index (χ2n) is 13.1. The average Bonchev–Trinajstić information content (AvgIpc) is 3.31. The highest BCUT2D eigenvalue weighted by molar-refractivity contribution is 9.10. The standard InChI is InChI=1S/C22H22BF3N2O3.C16H10BrF3N2O/c1-20(2)21(3,4)31-23(30-20)16-8-5-14(6-9-16)11-19(29)28-17-10-7-15(13-27)18(12-17)22(24,25)26;17-12-4-1-10(2-5-12)7-15(23)22-13-6-3-11(9-21)14(8-13)16(18,19)20/h5-10,12H,11H2,1-4H3,(H,28,29);1-6,8H,7H2,(H,22,23). The number of nitrogens with zero attached hydrogens (tertiary/aromatic N) is 2. The van der Waals surface area contributed by atoms with Gasteiger partial charge in [0.15, 0.2) is 0 Å². The molecular formula is C38H32BBrF6N4O4. The topological polar surface area (TPSA) is 124 Å². The summed E-state index contributed by atoms with van der Waals surface area (Å²) in [6.45, 7) is 7.83. The lowest BCUT2D eigenvalue weighted by Gasteiger charge is -2.32. The van der Waals surface area contributed by atoms with Crippen LogP contribution in [0.5, 0.6) is 0 Å². The minimum Gasteiger partial charge on any atom is -0.399 e. The van der Waals surface area contributed by atoms with E-state index in [4.69, 9.17) is 19.8 Å². The van der Waals surface area contributed by atoms with Crippen molar-refractivity contribution in [3.05, 3.63) is 123 Å². The molecule has 0 unspecified atom stereocenters. The van der Waals surface area contributed by atoms with Crippen molar-refractivity contribution >= 4 is 51.7 Å². The van der Waals surface area contributed by atoms with Gasteiger partial charge in [-0.2, -0.15) is 36.9 Å². The van der Waals surface area contributed by atoms with Crippen LogP contribution in [0, 0.1) is 22.7 Å². The molecule has 8 nitrogen and oxygen atoms in total. The second-order valence-corrected chi connectivity index (χ2v) is 14.1. The lowest BCUT2D eigenvalue weighted by atomic mass is 9.79. The summed E-state index contributed by atoms with van der Waals surface area (Å²) in [6.07, 6.45) is -9.33. The summed E-state index contributed by atoms with van der Waals surface area (Å²) in [6, 6.07) is 23.3. The number of carbonyl (C=O) groups excluding carboxylic acids is 2. The van der Waals surface area contributed by atoms with Crippen LogP contribution in [0.25, 0.3) is 0 Å². The largest absolute Gasteiger partial charge is 0.494 e. The van der Waals surface area contributed by atoms with Crippen LogP contribution in [0.4, 0.5) is 37.7 Å². The summed E-state index contributed by atoms with van der Waals surface area (Å²) in [5.41, 5.74) is -1.86. The fraction of sp³-hybridized carbons (Fsp3) is 0.263. The summed E-state index contributed by atoms with van der Waals surface area (Å²) < 4.78 is 90.7. The van der Waals surface area contributed by atoms with Gasteiger partial charge in [0.1, 0.15) is 0 Å². The number of benzene rings is 4. The van der Waals surface area contributed by atoms with Crippen molar-refractivity contribution in [2.75, 3.05) is 10.6 Å². The second kappa shape index (κ2) is 16.5. The molecule has 2 amide bonds. The van der Waals surface area contributed by atoms with Gasteiger partial charge in [0.25, 0.3) is 0 Å². The molecule has 1 heterocycles. The van der Waals surface area contributed by atoms with Crippen molar-refractivity contribution in [2.45, 2.75) is 64.1 Å². The Labute approximate surface area is 316 Å². The van der Waals surface area contributed by atoms with Crippen molar-refractivity contribution in [3.8, 4) is 12.1 Å². The molecule has 4 aromatic rings. The maximum absolute atomic E-state index is 13.1. The van der Waals surface area contributed by atoms with Crippen LogP contribution in [0.3, 0.4) is 0 Å². The van der Waals surface area contributed by atoms with Gasteiger partial charge in [-0.15, -0.1) is 0 Å². The molecule has 16 heteroatoms. The zero-order chi connectivity index (χ0) is 40.1. The molecular weight excluding hydrogens is 781 g/mol. The minimum atomic E-state index is -4.69. The van der Waals surface area contributed by atoms with E-state index in [0.29, 0.717) is 5.56 Å². The number of anilines is 2. The Morgan fingerprint density at radius 1 is 0.667 bits per heavy atom. The number of nitriles is 2. The van der Waals surface area contributed by atoms with Gasteiger partial charge < -0.3 is 19.9 Å². The van der Waals surface area contributed by atoms with Crippen molar-refractivity contribution in [3.63, 3.8) is 0 Å². The fourth-order valence-electron chi connectivity index (χ4n) is 5.06. The van der Waals surface area contributed by atoms with Gasteiger partial charge in [0.2, 0.25) is 11.8 Å². The first-order valence-electron chi connectivity index (χ1n) is 16.1. The van der Waals surface area contributed by atoms with Gasteiger partial charge in [-0.25, -0.2) is 0 Å². The molecule has 0 spiro atoms. The summed E-state index contributed by atoms with van der Waals surface area (Å²) in [5.74, 6) is -0.911. The Hall–Kier alpha value is -5.16.